The molecule has 1 rings (SSSR count). The van der Waals surface area contributed by atoms with E-state index < -0.39 is 17.7 Å². The van der Waals surface area contributed by atoms with Gasteiger partial charge in [-0.05, 0) is 12.8 Å². The minimum Gasteiger partial charge on any atom is -0.380 e. The van der Waals surface area contributed by atoms with Gasteiger partial charge >= 0.3 is 6.18 Å². The smallest absolute Gasteiger partial charge is 0.380 e. The van der Waals surface area contributed by atoms with Crippen molar-refractivity contribution in [2.24, 2.45) is 5.92 Å². The van der Waals surface area contributed by atoms with E-state index >= 15 is 0 Å². The molecular formula is C7H7F3O. The first-order chi connectivity index (χ1) is 4.89. The summed E-state index contributed by atoms with van der Waals surface area (Å²) < 4.78 is 35.6. The van der Waals surface area contributed by atoms with Crippen molar-refractivity contribution in [3.05, 3.63) is 0 Å². The molecule has 4 heteroatoms. The average molecular weight is 164 g/mol. The predicted molar refractivity (Wildman–Crippen MR) is 32.6 cm³/mol. The van der Waals surface area contributed by atoms with E-state index in [0.29, 0.717) is 0 Å². The third-order valence-corrected chi connectivity index (χ3v) is 1.93. The number of hydrogen-bond acceptors (Lipinski definition) is 1. The molecule has 0 radical (unpaired) electrons. The van der Waals surface area contributed by atoms with Crippen molar-refractivity contribution in [3.8, 4) is 12.3 Å². The van der Waals surface area contributed by atoms with Crippen LogP contribution < -0.4 is 0 Å². The fourth-order valence-corrected chi connectivity index (χ4v) is 1.10. The van der Waals surface area contributed by atoms with Crippen molar-refractivity contribution in [1.29, 1.82) is 0 Å². The molecule has 1 saturated carbocycles. The van der Waals surface area contributed by atoms with Gasteiger partial charge in [-0.3, -0.25) is 0 Å². The minimum absolute atomic E-state index is 0.354. The highest BCUT2D eigenvalue weighted by atomic mass is 19.4. The predicted octanol–water partition coefficient (Wildman–Crippen LogP) is 1.32. The molecule has 0 aromatic rings. The van der Waals surface area contributed by atoms with E-state index in [-0.39, 0.29) is 12.8 Å². The van der Waals surface area contributed by atoms with E-state index in [0.717, 1.165) is 0 Å². The van der Waals surface area contributed by atoms with Gasteiger partial charge in [0.2, 0.25) is 0 Å². The molecule has 0 amide bonds. The fourth-order valence-electron chi connectivity index (χ4n) is 1.10. The Morgan fingerprint density at radius 2 is 1.91 bits per heavy atom. The number of halogens is 3. The Morgan fingerprint density at radius 3 is 2.18 bits per heavy atom. The van der Waals surface area contributed by atoms with Gasteiger partial charge in [0.15, 0.2) is 5.60 Å². The maximum atomic E-state index is 11.9. The zero-order valence-corrected chi connectivity index (χ0v) is 5.65. The third-order valence-electron chi connectivity index (χ3n) is 1.93. The van der Waals surface area contributed by atoms with Gasteiger partial charge in [-0.15, -0.1) is 12.3 Å². The zero-order chi connectivity index (χ0) is 8.70. The summed E-state index contributed by atoms with van der Waals surface area (Å²) in [6, 6.07) is 0. The third kappa shape index (κ3) is 1.21. The minimum atomic E-state index is -4.53. The number of hydrogen-bond donors (Lipinski definition) is 1. The lowest BCUT2D eigenvalue weighted by molar-refractivity contribution is -0.293. The van der Waals surface area contributed by atoms with Crippen molar-refractivity contribution in [2.45, 2.75) is 24.6 Å². The summed E-state index contributed by atoms with van der Waals surface area (Å²) in [4.78, 5) is 0. The summed E-state index contributed by atoms with van der Waals surface area (Å²) in [7, 11) is 0. The Morgan fingerprint density at radius 1 is 1.45 bits per heavy atom. The van der Waals surface area contributed by atoms with Crippen LogP contribution in [-0.2, 0) is 0 Å². The molecule has 0 heterocycles. The van der Waals surface area contributed by atoms with Crippen molar-refractivity contribution < 1.29 is 18.3 Å². The molecule has 1 aliphatic rings. The average Bonchev–Trinajstić information content (AvgIpc) is 1.78. The molecule has 1 fully saturated rings. The molecule has 0 aromatic heterocycles. The van der Waals surface area contributed by atoms with Crippen LogP contribution in [0.15, 0.2) is 0 Å². The maximum Gasteiger partial charge on any atom is 0.417 e. The van der Waals surface area contributed by atoms with Crippen molar-refractivity contribution in [2.75, 3.05) is 0 Å². The lowest BCUT2D eigenvalue weighted by Gasteiger charge is -2.42. The van der Waals surface area contributed by atoms with Crippen molar-refractivity contribution >= 4 is 0 Å². The first kappa shape index (κ1) is 8.41. The van der Waals surface area contributed by atoms with Gasteiger partial charge < -0.3 is 5.11 Å². The normalized spacial score (nSPS) is 37.5. The van der Waals surface area contributed by atoms with Gasteiger partial charge in [-0.1, -0.05) is 0 Å². The van der Waals surface area contributed by atoms with Crippen LogP contribution in [0.5, 0.6) is 0 Å². The van der Waals surface area contributed by atoms with Gasteiger partial charge in [0.05, 0.1) is 0 Å². The molecular weight excluding hydrogens is 157 g/mol. The Hall–Kier alpha value is -0.690. The molecule has 0 bridgehead atoms. The Labute approximate surface area is 62.2 Å². The second kappa shape index (κ2) is 2.15. The number of terminal acetylenes is 1. The first-order valence-corrected chi connectivity index (χ1v) is 3.14. The van der Waals surface area contributed by atoms with Crippen LogP contribution in [0.2, 0.25) is 0 Å². The monoisotopic (exact) mass is 164 g/mol. The second-order valence-electron chi connectivity index (χ2n) is 2.80. The molecule has 62 valence electrons. The van der Waals surface area contributed by atoms with Gasteiger partial charge in [-0.25, -0.2) is 0 Å². The van der Waals surface area contributed by atoms with E-state index in [9.17, 15) is 13.2 Å². The number of aliphatic hydroxyl groups is 1. The quantitative estimate of drug-likeness (QED) is 0.535. The molecule has 0 atom stereocenters. The number of rotatable bonds is 0. The summed E-state index contributed by atoms with van der Waals surface area (Å²) in [5, 5.41) is 8.83. The SMILES string of the molecule is C#CC1CC(O)(C(F)(F)F)C1. The molecule has 1 N–H and O–H groups in total. The van der Waals surface area contributed by atoms with E-state index in [1.54, 1.807) is 0 Å². The molecule has 11 heavy (non-hydrogen) atoms. The highest BCUT2D eigenvalue weighted by Gasteiger charge is 2.60. The van der Waals surface area contributed by atoms with Crippen LogP contribution in [0.3, 0.4) is 0 Å². The molecule has 0 unspecified atom stereocenters. The van der Waals surface area contributed by atoms with Gasteiger partial charge in [-0.2, -0.15) is 13.2 Å². The van der Waals surface area contributed by atoms with Gasteiger partial charge in [0, 0.05) is 5.92 Å². The van der Waals surface area contributed by atoms with Crippen LogP contribution in [0.25, 0.3) is 0 Å². The molecule has 0 spiro atoms. The maximum absolute atomic E-state index is 11.9. The Kier molecular flexibility index (Phi) is 1.64. The first-order valence-electron chi connectivity index (χ1n) is 3.14. The number of alkyl halides is 3. The summed E-state index contributed by atoms with van der Waals surface area (Å²) in [6.07, 6.45) is -0.366. The van der Waals surface area contributed by atoms with Gasteiger partial charge in [0.1, 0.15) is 0 Å². The molecule has 0 aliphatic heterocycles. The molecule has 1 aliphatic carbocycles. The van der Waals surface area contributed by atoms with Crippen LogP contribution in [0.4, 0.5) is 13.2 Å². The standard InChI is InChI=1S/C7H7F3O/c1-2-5-3-6(11,4-5)7(8,9)10/h1,5,11H,3-4H2. The van der Waals surface area contributed by atoms with Crippen LogP contribution >= 0.6 is 0 Å². The Bertz CT molecular complexity index is 195. The van der Waals surface area contributed by atoms with E-state index in [4.69, 9.17) is 11.5 Å². The molecule has 0 aromatic carbocycles. The highest BCUT2D eigenvalue weighted by molar-refractivity contribution is 5.10. The van der Waals surface area contributed by atoms with Crippen molar-refractivity contribution in [3.63, 3.8) is 0 Å². The molecule has 1 nitrogen and oxygen atoms in total. The summed E-state index contributed by atoms with van der Waals surface area (Å²) >= 11 is 0. The second-order valence-corrected chi connectivity index (χ2v) is 2.80. The summed E-state index contributed by atoms with van der Waals surface area (Å²) in [5.41, 5.74) is -2.51. The topological polar surface area (TPSA) is 20.2 Å². The summed E-state index contributed by atoms with van der Waals surface area (Å²) in [5.74, 6) is 1.75. The fraction of sp³-hybridized carbons (Fsp3) is 0.714. The van der Waals surface area contributed by atoms with Crippen LogP contribution in [0.1, 0.15) is 12.8 Å². The lowest BCUT2D eigenvalue weighted by atomic mass is 9.71. The largest absolute Gasteiger partial charge is 0.417 e. The highest BCUT2D eigenvalue weighted by Crippen LogP contribution is 2.48. The van der Waals surface area contributed by atoms with Crippen LogP contribution in [0, 0.1) is 18.3 Å². The van der Waals surface area contributed by atoms with Crippen LogP contribution in [-0.4, -0.2) is 16.9 Å². The van der Waals surface area contributed by atoms with E-state index in [2.05, 4.69) is 5.92 Å². The molecule has 0 saturated heterocycles. The lowest BCUT2D eigenvalue weighted by Crippen LogP contribution is -2.54. The van der Waals surface area contributed by atoms with E-state index in [1.807, 2.05) is 0 Å². The van der Waals surface area contributed by atoms with Crippen molar-refractivity contribution in [1.82, 2.24) is 0 Å². The summed E-state index contributed by atoms with van der Waals surface area (Å²) in [6.45, 7) is 0. The zero-order valence-electron chi connectivity index (χ0n) is 5.65. The van der Waals surface area contributed by atoms with Gasteiger partial charge in [0.25, 0.3) is 0 Å². The van der Waals surface area contributed by atoms with E-state index in [1.165, 1.54) is 0 Å². The Balaban J connectivity index is 2.58.